The molecule has 1 unspecified atom stereocenters. The van der Waals surface area contributed by atoms with Gasteiger partial charge in [0.15, 0.2) is 0 Å². The SMILES string of the molecule is CC(NC(C)(CO)CO)c1ccc([N+](=O)[O-])cc1. The van der Waals surface area contributed by atoms with E-state index in [1.807, 2.05) is 6.92 Å². The van der Waals surface area contributed by atoms with E-state index in [0.29, 0.717) is 0 Å². The first-order chi connectivity index (χ1) is 8.41. The van der Waals surface area contributed by atoms with E-state index in [9.17, 15) is 20.3 Å². The minimum Gasteiger partial charge on any atom is -0.394 e. The molecule has 0 bridgehead atoms. The molecule has 1 rings (SSSR count). The van der Waals surface area contributed by atoms with Crippen LogP contribution in [0, 0.1) is 10.1 Å². The Balaban J connectivity index is 2.78. The van der Waals surface area contributed by atoms with Gasteiger partial charge in [-0.25, -0.2) is 0 Å². The third-order valence-corrected chi connectivity index (χ3v) is 2.87. The molecule has 1 atom stereocenters. The predicted octanol–water partition coefficient (Wildman–Crippen LogP) is 0.989. The Kier molecular flexibility index (Phi) is 4.77. The lowest BCUT2D eigenvalue weighted by atomic mass is 10.0. The van der Waals surface area contributed by atoms with Gasteiger partial charge in [-0.1, -0.05) is 12.1 Å². The first-order valence-corrected chi connectivity index (χ1v) is 5.65. The fourth-order valence-corrected chi connectivity index (χ4v) is 1.63. The number of nitro groups is 1. The van der Waals surface area contributed by atoms with E-state index in [-0.39, 0.29) is 24.9 Å². The summed E-state index contributed by atoms with van der Waals surface area (Å²) in [7, 11) is 0. The van der Waals surface area contributed by atoms with E-state index >= 15 is 0 Å². The third-order valence-electron chi connectivity index (χ3n) is 2.87. The summed E-state index contributed by atoms with van der Waals surface area (Å²) < 4.78 is 0. The lowest BCUT2D eigenvalue weighted by molar-refractivity contribution is -0.384. The van der Waals surface area contributed by atoms with Crippen molar-refractivity contribution in [3.8, 4) is 0 Å². The maximum atomic E-state index is 10.5. The number of rotatable bonds is 6. The number of hydrogen-bond donors (Lipinski definition) is 3. The molecular weight excluding hydrogens is 236 g/mol. The van der Waals surface area contributed by atoms with Crippen molar-refractivity contribution in [3.63, 3.8) is 0 Å². The van der Waals surface area contributed by atoms with Crippen molar-refractivity contribution < 1.29 is 15.1 Å². The zero-order valence-corrected chi connectivity index (χ0v) is 10.5. The van der Waals surface area contributed by atoms with Crippen LogP contribution in [0.4, 0.5) is 5.69 Å². The first kappa shape index (κ1) is 14.6. The Morgan fingerprint density at radius 3 is 2.22 bits per heavy atom. The van der Waals surface area contributed by atoms with Gasteiger partial charge in [-0.2, -0.15) is 0 Å². The van der Waals surface area contributed by atoms with Crippen LogP contribution in [0.5, 0.6) is 0 Å². The van der Waals surface area contributed by atoms with Crippen LogP contribution in [0.25, 0.3) is 0 Å². The Labute approximate surface area is 105 Å². The van der Waals surface area contributed by atoms with Gasteiger partial charge in [0.25, 0.3) is 5.69 Å². The lowest BCUT2D eigenvalue weighted by Gasteiger charge is -2.30. The molecular formula is C12H18N2O4. The average Bonchev–Trinajstić information content (AvgIpc) is 2.38. The molecule has 0 heterocycles. The van der Waals surface area contributed by atoms with Crippen molar-refractivity contribution >= 4 is 5.69 Å². The maximum absolute atomic E-state index is 10.5. The van der Waals surface area contributed by atoms with E-state index in [0.717, 1.165) is 5.56 Å². The molecule has 3 N–H and O–H groups in total. The van der Waals surface area contributed by atoms with Crippen LogP contribution in [0.15, 0.2) is 24.3 Å². The molecule has 0 fully saturated rings. The van der Waals surface area contributed by atoms with Crippen molar-refractivity contribution in [1.29, 1.82) is 0 Å². The number of nitrogens with zero attached hydrogens (tertiary/aromatic N) is 1. The van der Waals surface area contributed by atoms with Crippen LogP contribution < -0.4 is 5.32 Å². The van der Waals surface area contributed by atoms with Crippen molar-refractivity contribution in [2.45, 2.75) is 25.4 Å². The van der Waals surface area contributed by atoms with Crippen molar-refractivity contribution in [3.05, 3.63) is 39.9 Å². The highest BCUT2D eigenvalue weighted by molar-refractivity contribution is 5.34. The smallest absolute Gasteiger partial charge is 0.269 e. The number of benzene rings is 1. The minimum absolute atomic E-state index is 0.0398. The van der Waals surface area contributed by atoms with Crippen molar-refractivity contribution in [1.82, 2.24) is 5.32 Å². The van der Waals surface area contributed by atoms with Gasteiger partial charge in [-0.3, -0.25) is 10.1 Å². The van der Waals surface area contributed by atoms with Crippen LogP contribution >= 0.6 is 0 Å². The van der Waals surface area contributed by atoms with Crippen LogP contribution in [0.1, 0.15) is 25.5 Å². The van der Waals surface area contributed by atoms with E-state index in [1.54, 1.807) is 19.1 Å². The average molecular weight is 254 g/mol. The van der Waals surface area contributed by atoms with Crippen LogP contribution in [0.3, 0.4) is 0 Å². The number of aliphatic hydroxyl groups excluding tert-OH is 2. The summed E-state index contributed by atoms with van der Waals surface area (Å²) in [6.45, 7) is 3.18. The second kappa shape index (κ2) is 5.90. The van der Waals surface area contributed by atoms with Crippen molar-refractivity contribution in [2.75, 3.05) is 13.2 Å². The molecule has 0 saturated carbocycles. The van der Waals surface area contributed by atoms with Gasteiger partial charge in [0.05, 0.1) is 23.7 Å². The molecule has 0 radical (unpaired) electrons. The molecule has 6 nitrogen and oxygen atoms in total. The zero-order chi connectivity index (χ0) is 13.8. The second-order valence-corrected chi connectivity index (χ2v) is 4.59. The molecule has 0 aliphatic heterocycles. The summed E-state index contributed by atoms with van der Waals surface area (Å²) in [4.78, 5) is 10.1. The molecule has 0 aromatic heterocycles. The molecule has 0 amide bonds. The number of nitro benzene ring substituents is 1. The summed E-state index contributed by atoms with van der Waals surface area (Å²) in [5.41, 5.74) is 0.119. The molecule has 1 aromatic rings. The Bertz CT molecular complexity index is 401. The molecule has 1 aromatic carbocycles. The summed E-state index contributed by atoms with van der Waals surface area (Å²) in [5, 5.41) is 32.0. The van der Waals surface area contributed by atoms with Crippen molar-refractivity contribution in [2.24, 2.45) is 0 Å². The Morgan fingerprint density at radius 1 is 1.33 bits per heavy atom. The fraction of sp³-hybridized carbons (Fsp3) is 0.500. The summed E-state index contributed by atoms with van der Waals surface area (Å²) in [5.74, 6) is 0. The van der Waals surface area contributed by atoms with E-state index in [4.69, 9.17) is 0 Å². The summed E-state index contributed by atoms with van der Waals surface area (Å²) in [6, 6.07) is 6.05. The molecule has 0 aliphatic rings. The first-order valence-electron chi connectivity index (χ1n) is 5.65. The lowest BCUT2D eigenvalue weighted by Crippen LogP contribution is -2.49. The van der Waals surface area contributed by atoms with Gasteiger partial charge in [-0.15, -0.1) is 0 Å². The molecule has 6 heteroatoms. The number of non-ortho nitro benzene ring substituents is 1. The topological polar surface area (TPSA) is 95.6 Å². The van der Waals surface area contributed by atoms with E-state index in [2.05, 4.69) is 5.32 Å². The Morgan fingerprint density at radius 2 is 1.83 bits per heavy atom. The summed E-state index contributed by atoms with van der Waals surface area (Å²) in [6.07, 6.45) is 0. The molecule has 18 heavy (non-hydrogen) atoms. The van der Waals surface area contributed by atoms with Gasteiger partial charge in [0.2, 0.25) is 0 Å². The highest BCUT2D eigenvalue weighted by Gasteiger charge is 2.24. The standard InChI is InChI=1S/C12H18N2O4/c1-9(13-12(2,7-15)8-16)10-3-5-11(6-4-10)14(17)18/h3-6,9,13,15-16H,7-8H2,1-2H3. The monoisotopic (exact) mass is 254 g/mol. The Hall–Kier alpha value is -1.50. The van der Waals surface area contributed by atoms with E-state index in [1.165, 1.54) is 12.1 Å². The quantitative estimate of drug-likeness (QED) is 0.519. The van der Waals surface area contributed by atoms with Gasteiger partial charge in [-0.05, 0) is 19.4 Å². The summed E-state index contributed by atoms with van der Waals surface area (Å²) >= 11 is 0. The van der Waals surface area contributed by atoms with Crippen LogP contribution in [0.2, 0.25) is 0 Å². The normalized spacial score (nSPS) is 13.3. The number of aliphatic hydroxyl groups is 2. The minimum atomic E-state index is -0.777. The largest absolute Gasteiger partial charge is 0.394 e. The van der Waals surface area contributed by atoms with Crippen LogP contribution in [-0.4, -0.2) is 33.9 Å². The number of nitrogens with one attached hydrogen (secondary N) is 1. The highest BCUT2D eigenvalue weighted by atomic mass is 16.6. The molecule has 0 saturated heterocycles. The highest BCUT2D eigenvalue weighted by Crippen LogP contribution is 2.19. The molecule has 0 aliphatic carbocycles. The zero-order valence-electron chi connectivity index (χ0n) is 10.5. The molecule has 0 spiro atoms. The van der Waals surface area contributed by atoms with Gasteiger partial charge < -0.3 is 15.5 Å². The third kappa shape index (κ3) is 3.49. The van der Waals surface area contributed by atoms with Crippen LogP contribution in [-0.2, 0) is 0 Å². The fourth-order valence-electron chi connectivity index (χ4n) is 1.63. The number of hydrogen-bond acceptors (Lipinski definition) is 5. The van der Waals surface area contributed by atoms with E-state index < -0.39 is 10.5 Å². The molecule has 100 valence electrons. The predicted molar refractivity (Wildman–Crippen MR) is 67.2 cm³/mol. The van der Waals surface area contributed by atoms with Gasteiger partial charge in [0.1, 0.15) is 0 Å². The van der Waals surface area contributed by atoms with Gasteiger partial charge in [0, 0.05) is 18.2 Å². The second-order valence-electron chi connectivity index (χ2n) is 4.59. The van der Waals surface area contributed by atoms with Gasteiger partial charge >= 0.3 is 0 Å². The maximum Gasteiger partial charge on any atom is 0.269 e.